The van der Waals surface area contributed by atoms with E-state index in [0.717, 1.165) is 0 Å². The summed E-state index contributed by atoms with van der Waals surface area (Å²) in [5, 5.41) is 0. The summed E-state index contributed by atoms with van der Waals surface area (Å²) in [5.74, 6) is 0. The molecule has 16 heavy (non-hydrogen) atoms. The molecule has 0 atom stereocenters. The average Bonchev–Trinajstić information content (AvgIpc) is 1.41. The molecule has 0 aliphatic carbocycles. The van der Waals surface area contributed by atoms with Crippen LogP contribution in [0.2, 0.25) is 0 Å². The van der Waals surface area contributed by atoms with Crippen molar-refractivity contribution in [1.82, 2.24) is 0 Å². The molecule has 0 aromatic heterocycles. The van der Waals surface area contributed by atoms with E-state index in [1.165, 1.54) is 0 Å². The SMILES string of the molecule is F[B-](F)(F)F.F[B-](F)(F)F.F[B-](F)(F)F.[Tb+3]. The fraction of sp³-hybridized carbons (Fsp3) is 0. The molecular weight excluding hydrogens is 419 g/mol. The molecule has 0 heterocycles. The topological polar surface area (TPSA) is 0 Å². The zero-order valence-electron chi connectivity index (χ0n) is 6.60. The van der Waals surface area contributed by atoms with E-state index < -0.39 is 21.8 Å². The number of hydrogen-bond donors (Lipinski definition) is 0. The summed E-state index contributed by atoms with van der Waals surface area (Å²) in [6.45, 7) is 0. The first-order valence-corrected chi connectivity index (χ1v) is 2.62. The molecule has 0 saturated carbocycles. The molecule has 0 aromatic carbocycles. The maximum Gasteiger partial charge on any atom is 3.00 e. The van der Waals surface area contributed by atoms with Gasteiger partial charge in [0.2, 0.25) is 0 Å². The summed E-state index contributed by atoms with van der Waals surface area (Å²) >= 11 is 0. The summed E-state index contributed by atoms with van der Waals surface area (Å²) in [4.78, 5) is 0. The molecule has 0 aliphatic rings. The molecule has 0 aliphatic heterocycles. The van der Waals surface area contributed by atoms with Gasteiger partial charge in [-0.1, -0.05) is 0 Å². The third-order valence-corrected chi connectivity index (χ3v) is 0. The van der Waals surface area contributed by atoms with Gasteiger partial charge in [-0.3, -0.25) is 0 Å². The molecule has 0 radical (unpaired) electrons. The van der Waals surface area contributed by atoms with Gasteiger partial charge in [-0.15, -0.1) is 0 Å². The fourth-order valence-corrected chi connectivity index (χ4v) is 0. The van der Waals surface area contributed by atoms with Crippen LogP contribution < -0.4 is 0 Å². The van der Waals surface area contributed by atoms with Crippen LogP contribution in [-0.4, -0.2) is 21.8 Å². The smallest absolute Gasteiger partial charge is 0.418 e. The normalized spacial score (nSPS) is 11.2. The minimum absolute atomic E-state index is 0. The molecule has 0 bridgehead atoms. The summed E-state index contributed by atoms with van der Waals surface area (Å²) < 4.78 is 117. The van der Waals surface area contributed by atoms with Crippen LogP contribution >= 0.6 is 0 Å². The van der Waals surface area contributed by atoms with Crippen molar-refractivity contribution in [3.05, 3.63) is 0 Å². The van der Waals surface area contributed by atoms with Gasteiger partial charge < -0.3 is 51.8 Å². The van der Waals surface area contributed by atoms with Crippen molar-refractivity contribution in [3.63, 3.8) is 0 Å². The van der Waals surface area contributed by atoms with Crippen LogP contribution in [-0.2, 0) is 0 Å². The second-order valence-corrected chi connectivity index (χ2v) is 1.48. The van der Waals surface area contributed by atoms with Gasteiger partial charge in [0.05, 0.1) is 0 Å². The molecule has 102 valence electrons. The van der Waals surface area contributed by atoms with Crippen molar-refractivity contribution < 1.29 is 90.4 Å². The number of rotatable bonds is 0. The van der Waals surface area contributed by atoms with E-state index >= 15 is 0 Å². The van der Waals surface area contributed by atoms with Crippen LogP contribution in [0.4, 0.5) is 51.8 Å². The third-order valence-electron chi connectivity index (χ3n) is 0. The zero-order chi connectivity index (χ0) is 13.5. The van der Waals surface area contributed by atoms with E-state index in [9.17, 15) is 51.8 Å². The molecular formula is B3F12Tb. The summed E-state index contributed by atoms with van der Waals surface area (Å²) in [5.41, 5.74) is 0. The Morgan fingerprint density at radius 3 is 0.312 bits per heavy atom. The van der Waals surface area contributed by atoms with Gasteiger partial charge in [0, 0.05) is 0 Å². The van der Waals surface area contributed by atoms with Crippen LogP contribution in [0.5, 0.6) is 0 Å². The van der Waals surface area contributed by atoms with E-state index in [2.05, 4.69) is 0 Å². The van der Waals surface area contributed by atoms with Crippen molar-refractivity contribution in [2.24, 2.45) is 0 Å². The Labute approximate surface area is 112 Å². The molecule has 0 aromatic rings. The van der Waals surface area contributed by atoms with E-state index in [0.29, 0.717) is 0 Å². The minimum Gasteiger partial charge on any atom is -0.418 e. The minimum atomic E-state index is -6.00. The van der Waals surface area contributed by atoms with Crippen molar-refractivity contribution in [2.45, 2.75) is 0 Å². The Balaban J connectivity index is -0.0000000655. The first-order chi connectivity index (χ1) is 6.00. The fourth-order valence-electron chi connectivity index (χ4n) is 0. The summed E-state index contributed by atoms with van der Waals surface area (Å²) in [6.07, 6.45) is 0. The Morgan fingerprint density at radius 1 is 0.312 bits per heavy atom. The van der Waals surface area contributed by atoms with Gasteiger partial charge in [0.1, 0.15) is 0 Å². The molecule has 0 amide bonds. The van der Waals surface area contributed by atoms with Gasteiger partial charge in [0.15, 0.2) is 0 Å². The van der Waals surface area contributed by atoms with Gasteiger partial charge in [-0.25, -0.2) is 0 Å². The molecule has 0 N–H and O–H groups in total. The molecule has 0 unspecified atom stereocenters. The van der Waals surface area contributed by atoms with E-state index in [4.69, 9.17) is 0 Å². The Bertz CT molecular complexity index is 91.3. The third kappa shape index (κ3) is 6640. The van der Waals surface area contributed by atoms with Crippen molar-refractivity contribution in [2.75, 3.05) is 0 Å². The van der Waals surface area contributed by atoms with Gasteiger partial charge in [-0.2, -0.15) is 0 Å². The molecule has 0 saturated heterocycles. The second-order valence-electron chi connectivity index (χ2n) is 1.48. The van der Waals surface area contributed by atoms with Crippen LogP contribution in [0.1, 0.15) is 0 Å². The first-order valence-electron chi connectivity index (χ1n) is 2.62. The van der Waals surface area contributed by atoms with Gasteiger partial charge >= 0.3 is 60.4 Å². The summed E-state index contributed by atoms with van der Waals surface area (Å²) in [6, 6.07) is 0. The predicted molar refractivity (Wildman–Crippen MR) is 30.6 cm³/mol. The van der Waals surface area contributed by atoms with E-state index in [1.807, 2.05) is 0 Å². The largest absolute Gasteiger partial charge is 3.00 e. The molecule has 0 rings (SSSR count). The van der Waals surface area contributed by atoms with E-state index in [1.54, 1.807) is 0 Å². The van der Waals surface area contributed by atoms with Crippen LogP contribution in [0, 0.1) is 38.6 Å². The second kappa shape index (κ2) is 9.65. The van der Waals surface area contributed by atoms with Crippen molar-refractivity contribution in [3.8, 4) is 0 Å². The Kier molecular flexibility index (Phi) is 15.4. The maximum atomic E-state index is 9.75. The Hall–Kier alpha value is 0.641. The quantitative estimate of drug-likeness (QED) is 0.413. The van der Waals surface area contributed by atoms with E-state index in [-0.39, 0.29) is 38.6 Å². The molecule has 0 fully saturated rings. The monoisotopic (exact) mass is 420 g/mol. The van der Waals surface area contributed by atoms with Crippen LogP contribution in [0.15, 0.2) is 0 Å². The van der Waals surface area contributed by atoms with Gasteiger partial charge in [-0.05, 0) is 0 Å². The van der Waals surface area contributed by atoms with Crippen LogP contribution in [0.3, 0.4) is 0 Å². The molecule has 0 spiro atoms. The first kappa shape index (κ1) is 25.5. The standard InChI is InChI=1S/3BF4.Tb/c3*2-1(3,4)5;/q3*-1;+3. The maximum absolute atomic E-state index is 9.75. The van der Waals surface area contributed by atoms with Gasteiger partial charge in [0.25, 0.3) is 0 Å². The predicted octanol–water partition coefficient (Wildman–Crippen LogP) is 3.90. The Morgan fingerprint density at radius 2 is 0.312 bits per heavy atom. The molecule has 16 heteroatoms. The van der Waals surface area contributed by atoms with Crippen molar-refractivity contribution >= 4 is 21.8 Å². The van der Waals surface area contributed by atoms with Crippen molar-refractivity contribution in [1.29, 1.82) is 0 Å². The average molecular weight is 419 g/mol. The number of hydrogen-bond acceptors (Lipinski definition) is 0. The van der Waals surface area contributed by atoms with Crippen LogP contribution in [0.25, 0.3) is 0 Å². The zero-order valence-corrected chi connectivity index (χ0v) is 8.74. The summed E-state index contributed by atoms with van der Waals surface area (Å²) in [7, 11) is -18.0. The number of halogens is 12. The molecule has 0 nitrogen and oxygen atoms in total.